The van der Waals surface area contributed by atoms with Crippen molar-refractivity contribution in [1.82, 2.24) is 0 Å². The number of rotatable bonds is 3. The molecular formula is C7H8OS2. The topological polar surface area (TPSA) is 17.1 Å². The molecule has 3 heteroatoms. The van der Waals surface area contributed by atoms with E-state index in [9.17, 15) is 4.79 Å². The van der Waals surface area contributed by atoms with E-state index < -0.39 is 0 Å². The van der Waals surface area contributed by atoms with Crippen LogP contribution in [0.5, 0.6) is 0 Å². The van der Waals surface area contributed by atoms with Gasteiger partial charge >= 0.3 is 0 Å². The summed E-state index contributed by atoms with van der Waals surface area (Å²) in [4.78, 5) is 12.0. The molecule has 0 N–H and O–H groups in total. The second-order valence-electron chi connectivity index (χ2n) is 1.83. The normalized spacial score (nSPS) is 9.70. The monoisotopic (exact) mass is 172 g/mol. The Morgan fingerprint density at radius 2 is 2.60 bits per heavy atom. The molecule has 0 atom stereocenters. The number of carbonyl (C=O) groups excluding carboxylic acids is 1. The zero-order valence-electron chi connectivity index (χ0n) is 5.66. The Bertz CT molecular complexity index is 203. The summed E-state index contributed by atoms with van der Waals surface area (Å²) in [6.07, 6.45) is 1.94. The summed E-state index contributed by atoms with van der Waals surface area (Å²) in [7, 11) is 0. The first kappa shape index (κ1) is 7.82. The van der Waals surface area contributed by atoms with Crippen molar-refractivity contribution in [2.75, 3.05) is 12.0 Å². The summed E-state index contributed by atoms with van der Waals surface area (Å²) in [6, 6.07) is 3.77. The van der Waals surface area contributed by atoms with Crippen molar-refractivity contribution in [2.45, 2.75) is 0 Å². The molecule has 1 rings (SSSR count). The highest BCUT2D eigenvalue weighted by Crippen LogP contribution is 2.11. The smallest absolute Gasteiger partial charge is 0.182 e. The molecule has 0 spiro atoms. The molecule has 0 aliphatic rings. The van der Waals surface area contributed by atoms with E-state index in [1.54, 1.807) is 11.8 Å². The Morgan fingerprint density at radius 3 is 3.10 bits per heavy atom. The molecule has 1 heterocycles. The van der Waals surface area contributed by atoms with Crippen molar-refractivity contribution in [3.8, 4) is 0 Å². The number of Topliss-reactive ketones (excluding diaryl/α,β-unsaturated/α-hetero) is 1. The van der Waals surface area contributed by atoms with Gasteiger partial charge in [0.15, 0.2) is 5.78 Å². The van der Waals surface area contributed by atoms with Gasteiger partial charge in [-0.1, -0.05) is 6.07 Å². The lowest BCUT2D eigenvalue weighted by atomic mass is 10.4. The molecule has 0 aromatic carbocycles. The van der Waals surface area contributed by atoms with E-state index in [4.69, 9.17) is 0 Å². The van der Waals surface area contributed by atoms with Crippen molar-refractivity contribution in [2.24, 2.45) is 0 Å². The largest absolute Gasteiger partial charge is 0.292 e. The minimum Gasteiger partial charge on any atom is -0.292 e. The fourth-order valence-corrected chi connectivity index (χ4v) is 1.81. The molecule has 0 aliphatic carbocycles. The molecule has 0 saturated heterocycles. The zero-order chi connectivity index (χ0) is 7.40. The van der Waals surface area contributed by atoms with Gasteiger partial charge in [0.25, 0.3) is 0 Å². The van der Waals surface area contributed by atoms with Crippen LogP contribution in [0, 0.1) is 0 Å². The van der Waals surface area contributed by atoms with Gasteiger partial charge in [0.1, 0.15) is 0 Å². The number of carbonyl (C=O) groups is 1. The first-order chi connectivity index (χ1) is 4.84. The average Bonchev–Trinajstić information content (AvgIpc) is 2.38. The van der Waals surface area contributed by atoms with Crippen LogP contribution in [0.3, 0.4) is 0 Å². The fourth-order valence-electron chi connectivity index (χ4n) is 0.639. The van der Waals surface area contributed by atoms with Gasteiger partial charge < -0.3 is 0 Å². The van der Waals surface area contributed by atoms with E-state index in [-0.39, 0.29) is 5.78 Å². The second-order valence-corrected chi connectivity index (χ2v) is 3.65. The Kier molecular flexibility index (Phi) is 2.96. The molecule has 0 amide bonds. The van der Waals surface area contributed by atoms with E-state index in [0.717, 1.165) is 4.88 Å². The molecule has 0 saturated carbocycles. The lowest BCUT2D eigenvalue weighted by Gasteiger charge is -1.90. The molecule has 0 fully saturated rings. The molecule has 54 valence electrons. The molecule has 0 unspecified atom stereocenters. The average molecular weight is 172 g/mol. The van der Waals surface area contributed by atoms with Gasteiger partial charge in [-0.05, 0) is 17.7 Å². The standard InChI is InChI=1S/C7H8OS2/c1-9-5-6(8)7-3-2-4-10-7/h2-4H,5H2,1H3. The first-order valence-electron chi connectivity index (χ1n) is 2.90. The van der Waals surface area contributed by atoms with Crippen LogP contribution < -0.4 is 0 Å². The van der Waals surface area contributed by atoms with Gasteiger partial charge in [-0.2, -0.15) is 11.8 Å². The Morgan fingerprint density at radius 1 is 1.80 bits per heavy atom. The molecule has 0 bridgehead atoms. The number of thiophene rings is 1. The highest BCUT2D eigenvalue weighted by Gasteiger charge is 2.03. The van der Waals surface area contributed by atoms with E-state index in [0.29, 0.717) is 5.75 Å². The van der Waals surface area contributed by atoms with Gasteiger partial charge in [0, 0.05) is 0 Å². The molecule has 1 nitrogen and oxygen atoms in total. The maximum Gasteiger partial charge on any atom is 0.182 e. The molecular weight excluding hydrogens is 164 g/mol. The van der Waals surface area contributed by atoms with Crippen molar-refractivity contribution in [3.05, 3.63) is 22.4 Å². The molecule has 1 aromatic heterocycles. The van der Waals surface area contributed by atoms with Gasteiger partial charge in [0.05, 0.1) is 10.6 Å². The molecule has 0 aliphatic heterocycles. The van der Waals surface area contributed by atoms with Crippen LogP contribution in [-0.2, 0) is 0 Å². The highest BCUT2D eigenvalue weighted by molar-refractivity contribution is 7.99. The van der Waals surface area contributed by atoms with Crippen molar-refractivity contribution in [1.29, 1.82) is 0 Å². The minimum atomic E-state index is 0.238. The van der Waals surface area contributed by atoms with Gasteiger partial charge in [-0.3, -0.25) is 4.79 Å². The maximum atomic E-state index is 11.1. The van der Waals surface area contributed by atoms with Gasteiger partial charge in [0.2, 0.25) is 0 Å². The quantitative estimate of drug-likeness (QED) is 0.651. The van der Waals surface area contributed by atoms with Crippen LogP contribution in [0.25, 0.3) is 0 Å². The van der Waals surface area contributed by atoms with Crippen LogP contribution in [-0.4, -0.2) is 17.8 Å². The first-order valence-corrected chi connectivity index (χ1v) is 5.17. The molecule has 10 heavy (non-hydrogen) atoms. The zero-order valence-corrected chi connectivity index (χ0v) is 7.30. The van der Waals surface area contributed by atoms with Crippen LogP contribution >= 0.6 is 23.1 Å². The van der Waals surface area contributed by atoms with E-state index in [1.807, 2.05) is 23.8 Å². The van der Waals surface area contributed by atoms with Crippen LogP contribution in [0.4, 0.5) is 0 Å². The SMILES string of the molecule is CSCC(=O)c1cccs1. The fraction of sp³-hybridized carbons (Fsp3) is 0.286. The summed E-state index contributed by atoms with van der Waals surface area (Å²) >= 11 is 3.07. The van der Waals surface area contributed by atoms with E-state index >= 15 is 0 Å². The van der Waals surface area contributed by atoms with Crippen molar-refractivity contribution in [3.63, 3.8) is 0 Å². The summed E-state index contributed by atoms with van der Waals surface area (Å²) < 4.78 is 0. The third kappa shape index (κ3) is 1.85. The van der Waals surface area contributed by atoms with Crippen molar-refractivity contribution >= 4 is 28.9 Å². The molecule has 0 radical (unpaired) electrons. The predicted octanol–water partition coefficient (Wildman–Crippen LogP) is 2.29. The van der Waals surface area contributed by atoms with Gasteiger partial charge in [-0.15, -0.1) is 11.3 Å². The van der Waals surface area contributed by atoms with Crippen LogP contribution in [0.2, 0.25) is 0 Å². The summed E-state index contributed by atoms with van der Waals surface area (Å²) in [6.45, 7) is 0. The third-order valence-corrected chi connectivity index (χ3v) is 2.53. The Labute approximate surface area is 68.5 Å². The predicted molar refractivity (Wildman–Crippen MR) is 47.0 cm³/mol. The number of hydrogen-bond acceptors (Lipinski definition) is 3. The lowest BCUT2D eigenvalue weighted by Crippen LogP contribution is -1.97. The Balaban J connectivity index is 2.59. The summed E-state index contributed by atoms with van der Waals surface area (Å²) in [5.41, 5.74) is 0. The second kappa shape index (κ2) is 3.78. The number of hydrogen-bond donors (Lipinski definition) is 0. The van der Waals surface area contributed by atoms with Crippen LogP contribution in [0.15, 0.2) is 17.5 Å². The molecule has 1 aromatic rings. The summed E-state index contributed by atoms with van der Waals surface area (Å²) in [5.74, 6) is 0.836. The lowest BCUT2D eigenvalue weighted by molar-refractivity contribution is 0.102. The van der Waals surface area contributed by atoms with E-state index in [2.05, 4.69) is 0 Å². The highest BCUT2D eigenvalue weighted by atomic mass is 32.2. The van der Waals surface area contributed by atoms with Crippen molar-refractivity contribution < 1.29 is 4.79 Å². The third-order valence-electron chi connectivity index (χ3n) is 1.07. The van der Waals surface area contributed by atoms with E-state index in [1.165, 1.54) is 11.3 Å². The Hall–Kier alpha value is -0.280. The maximum absolute atomic E-state index is 11.1. The number of ketones is 1. The minimum absolute atomic E-state index is 0.238. The number of thioether (sulfide) groups is 1. The van der Waals surface area contributed by atoms with Gasteiger partial charge in [-0.25, -0.2) is 0 Å². The summed E-state index contributed by atoms with van der Waals surface area (Å²) in [5, 5.41) is 1.92. The van der Waals surface area contributed by atoms with Crippen LogP contribution in [0.1, 0.15) is 9.67 Å².